The summed E-state index contributed by atoms with van der Waals surface area (Å²) in [5.74, 6) is -0.426. The zero-order valence-corrected chi connectivity index (χ0v) is 10.7. The molecule has 0 aromatic carbocycles. The Labute approximate surface area is 99.1 Å². The molecule has 0 saturated carbocycles. The van der Waals surface area contributed by atoms with Crippen LogP contribution < -0.4 is 0 Å². The van der Waals surface area contributed by atoms with Crippen molar-refractivity contribution < 1.29 is 9.90 Å². The van der Waals surface area contributed by atoms with Crippen LogP contribution in [0.25, 0.3) is 0 Å². The van der Waals surface area contributed by atoms with Gasteiger partial charge in [-0.1, -0.05) is 38.2 Å². The van der Waals surface area contributed by atoms with Crippen LogP contribution in [0.4, 0.5) is 0 Å². The maximum atomic E-state index is 10.9. The summed E-state index contributed by atoms with van der Waals surface area (Å²) in [5.41, 5.74) is 0.739. The first-order chi connectivity index (χ1) is 7.45. The molecule has 0 bridgehead atoms. The van der Waals surface area contributed by atoms with Gasteiger partial charge >= 0.3 is 5.97 Å². The van der Waals surface area contributed by atoms with E-state index in [1.807, 2.05) is 0 Å². The quantitative estimate of drug-likeness (QED) is 0.632. The zero-order valence-electron chi connectivity index (χ0n) is 10.7. The number of rotatable bonds is 8. The van der Waals surface area contributed by atoms with Gasteiger partial charge in [0.05, 0.1) is 5.92 Å². The van der Waals surface area contributed by atoms with Gasteiger partial charge in [-0.05, 0) is 38.5 Å². The summed E-state index contributed by atoms with van der Waals surface area (Å²) in [7, 11) is 0. The molecule has 1 N–H and O–H groups in total. The molecule has 1 atom stereocenters. The van der Waals surface area contributed by atoms with Gasteiger partial charge in [0.1, 0.15) is 0 Å². The number of hydrogen-bond donors (Lipinski definition) is 1. The Morgan fingerprint density at radius 2 is 1.75 bits per heavy atom. The minimum Gasteiger partial charge on any atom is -0.481 e. The molecule has 92 valence electrons. The highest BCUT2D eigenvalue weighted by atomic mass is 16.4. The first kappa shape index (κ1) is 14.9. The van der Waals surface area contributed by atoms with E-state index >= 15 is 0 Å². The van der Waals surface area contributed by atoms with Crippen molar-refractivity contribution in [1.29, 1.82) is 0 Å². The lowest BCUT2D eigenvalue weighted by molar-refractivity contribution is -0.140. The summed E-state index contributed by atoms with van der Waals surface area (Å²) in [4.78, 5) is 10.9. The lowest BCUT2D eigenvalue weighted by Crippen LogP contribution is -2.13. The second kappa shape index (κ2) is 8.14. The second-order valence-electron chi connectivity index (χ2n) is 4.76. The van der Waals surface area contributed by atoms with E-state index in [1.165, 1.54) is 6.42 Å². The van der Waals surface area contributed by atoms with Gasteiger partial charge in [0.15, 0.2) is 0 Å². The topological polar surface area (TPSA) is 37.3 Å². The van der Waals surface area contributed by atoms with Gasteiger partial charge in [-0.3, -0.25) is 4.79 Å². The van der Waals surface area contributed by atoms with E-state index in [0.717, 1.165) is 24.3 Å². The molecule has 0 aliphatic rings. The van der Waals surface area contributed by atoms with E-state index in [2.05, 4.69) is 32.6 Å². The van der Waals surface area contributed by atoms with Gasteiger partial charge in [0.25, 0.3) is 0 Å². The third-order valence-corrected chi connectivity index (χ3v) is 2.59. The first-order valence-electron chi connectivity index (χ1n) is 5.98. The highest BCUT2D eigenvalue weighted by Gasteiger charge is 2.16. The van der Waals surface area contributed by atoms with Crippen LogP contribution in [0.1, 0.15) is 46.5 Å². The number of hydrogen-bond acceptors (Lipinski definition) is 1. The van der Waals surface area contributed by atoms with E-state index in [0.29, 0.717) is 6.42 Å². The maximum Gasteiger partial charge on any atom is 0.310 e. The number of carboxylic acids is 1. The molecule has 0 heterocycles. The Morgan fingerprint density at radius 1 is 1.25 bits per heavy atom. The van der Waals surface area contributed by atoms with Crippen molar-refractivity contribution >= 4 is 5.97 Å². The van der Waals surface area contributed by atoms with Crippen molar-refractivity contribution in [3.8, 4) is 0 Å². The molecule has 2 heteroatoms. The molecule has 0 aliphatic heterocycles. The van der Waals surface area contributed by atoms with Gasteiger partial charge in [-0.15, -0.1) is 0 Å². The molecular formula is C14H24O2. The van der Waals surface area contributed by atoms with Gasteiger partial charge in [0.2, 0.25) is 0 Å². The van der Waals surface area contributed by atoms with Crippen molar-refractivity contribution in [2.24, 2.45) is 11.8 Å². The summed E-state index contributed by atoms with van der Waals surface area (Å²) in [6, 6.07) is 0. The van der Waals surface area contributed by atoms with Gasteiger partial charge < -0.3 is 5.11 Å². The zero-order chi connectivity index (χ0) is 12.6. The number of carbonyl (C=O) groups is 1. The van der Waals surface area contributed by atoms with Gasteiger partial charge in [-0.2, -0.15) is 0 Å². The van der Waals surface area contributed by atoms with E-state index in [4.69, 9.17) is 5.11 Å². The average Bonchev–Trinajstić information content (AvgIpc) is 2.14. The highest BCUT2D eigenvalue weighted by molar-refractivity contribution is 5.73. The fourth-order valence-electron chi connectivity index (χ4n) is 1.51. The van der Waals surface area contributed by atoms with Gasteiger partial charge in [-0.25, -0.2) is 0 Å². The Balaban J connectivity index is 3.78. The van der Waals surface area contributed by atoms with Gasteiger partial charge in [0, 0.05) is 0 Å². The first-order valence-corrected chi connectivity index (χ1v) is 5.98. The average molecular weight is 224 g/mol. The predicted octanol–water partition coefficient (Wildman–Crippen LogP) is 4.04. The molecule has 1 unspecified atom stereocenters. The van der Waals surface area contributed by atoms with Crippen LogP contribution in [-0.2, 0) is 4.79 Å². The lowest BCUT2D eigenvalue weighted by Gasteiger charge is -2.09. The second-order valence-corrected chi connectivity index (χ2v) is 4.76. The largest absolute Gasteiger partial charge is 0.481 e. The Bertz CT molecular complexity index is 237. The molecule has 0 aliphatic carbocycles. The molecule has 0 aromatic rings. The highest BCUT2D eigenvalue weighted by Crippen LogP contribution is 2.16. The standard InChI is InChI=1S/C14H24O2/c1-11(2)9-7-5-6-8-10-13(12(3)4)14(15)16/h5-6,11,13H,3,7-10H2,1-2,4H3,(H,15,16). The maximum absolute atomic E-state index is 10.9. The molecule has 0 saturated heterocycles. The molecule has 0 radical (unpaired) electrons. The lowest BCUT2D eigenvalue weighted by atomic mass is 9.96. The summed E-state index contributed by atoms with van der Waals surface area (Å²) in [6.07, 6.45) is 7.99. The van der Waals surface area contributed by atoms with Crippen molar-refractivity contribution in [3.05, 3.63) is 24.3 Å². The van der Waals surface area contributed by atoms with Crippen molar-refractivity contribution in [2.45, 2.75) is 46.5 Å². The summed E-state index contributed by atoms with van der Waals surface area (Å²) >= 11 is 0. The number of aliphatic carboxylic acids is 1. The van der Waals surface area contributed by atoms with Crippen LogP contribution in [-0.4, -0.2) is 11.1 Å². The fraction of sp³-hybridized carbons (Fsp3) is 0.643. The smallest absolute Gasteiger partial charge is 0.310 e. The molecular weight excluding hydrogens is 200 g/mol. The molecule has 0 fully saturated rings. The molecule has 0 aromatic heterocycles. The summed E-state index contributed by atoms with van der Waals surface area (Å²) in [5, 5.41) is 8.93. The van der Waals surface area contributed by atoms with Crippen molar-refractivity contribution in [2.75, 3.05) is 0 Å². The molecule has 0 amide bonds. The van der Waals surface area contributed by atoms with Crippen molar-refractivity contribution in [1.82, 2.24) is 0 Å². The fourth-order valence-corrected chi connectivity index (χ4v) is 1.51. The van der Waals surface area contributed by atoms with Crippen LogP contribution in [0.15, 0.2) is 24.3 Å². The van der Waals surface area contributed by atoms with Crippen LogP contribution in [0.3, 0.4) is 0 Å². The minimum absolute atomic E-state index is 0.394. The predicted molar refractivity (Wildman–Crippen MR) is 68.4 cm³/mol. The number of carboxylic acid groups (broad SMARTS) is 1. The Morgan fingerprint density at radius 3 is 2.12 bits per heavy atom. The van der Waals surface area contributed by atoms with Crippen LogP contribution in [0, 0.1) is 11.8 Å². The van der Waals surface area contributed by atoms with Crippen LogP contribution in [0.5, 0.6) is 0 Å². The third-order valence-electron chi connectivity index (χ3n) is 2.59. The van der Waals surface area contributed by atoms with Crippen LogP contribution in [0.2, 0.25) is 0 Å². The normalized spacial score (nSPS) is 13.2. The van der Waals surface area contributed by atoms with Crippen LogP contribution >= 0.6 is 0 Å². The summed E-state index contributed by atoms with van der Waals surface area (Å²) < 4.78 is 0. The SMILES string of the molecule is C=C(C)C(CCC=CCCC(C)C)C(=O)O. The van der Waals surface area contributed by atoms with E-state index in [-0.39, 0.29) is 0 Å². The number of allylic oxidation sites excluding steroid dienone is 2. The monoisotopic (exact) mass is 224 g/mol. The van der Waals surface area contributed by atoms with E-state index in [9.17, 15) is 4.79 Å². The Hall–Kier alpha value is -1.05. The van der Waals surface area contributed by atoms with E-state index in [1.54, 1.807) is 6.92 Å². The Kier molecular flexibility index (Phi) is 7.61. The van der Waals surface area contributed by atoms with Crippen molar-refractivity contribution in [3.63, 3.8) is 0 Å². The molecule has 16 heavy (non-hydrogen) atoms. The molecule has 0 spiro atoms. The summed E-state index contributed by atoms with van der Waals surface area (Å²) in [6.45, 7) is 9.90. The van der Waals surface area contributed by atoms with E-state index < -0.39 is 11.9 Å². The molecule has 2 nitrogen and oxygen atoms in total. The third kappa shape index (κ3) is 7.27. The molecule has 0 rings (SSSR count). The minimum atomic E-state index is -0.761.